The summed E-state index contributed by atoms with van der Waals surface area (Å²) in [6.07, 6.45) is 5.25. The Balaban J connectivity index is 2.26. The van der Waals surface area contributed by atoms with E-state index in [1.807, 2.05) is 18.4 Å². The van der Waals surface area contributed by atoms with E-state index in [1.165, 1.54) is 0 Å². The van der Waals surface area contributed by atoms with Crippen molar-refractivity contribution in [2.45, 2.75) is 6.92 Å². The van der Waals surface area contributed by atoms with Crippen molar-refractivity contribution in [3.05, 3.63) is 52.2 Å². The van der Waals surface area contributed by atoms with E-state index in [1.54, 1.807) is 29.8 Å². The van der Waals surface area contributed by atoms with Gasteiger partial charge in [0.05, 0.1) is 5.01 Å². The SMILES string of the molecule is C=Cc1cncc(C#Cc2csc(C)n2)c1. The van der Waals surface area contributed by atoms with E-state index in [-0.39, 0.29) is 0 Å². The topological polar surface area (TPSA) is 25.8 Å². The van der Waals surface area contributed by atoms with Gasteiger partial charge in [-0.2, -0.15) is 0 Å². The summed E-state index contributed by atoms with van der Waals surface area (Å²) in [5, 5.41) is 2.98. The molecule has 0 spiro atoms. The monoisotopic (exact) mass is 226 g/mol. The Kier molecular flexibility index (Phi) is 3.13. The largest absolute Gasteiger partial charge is 0.263 e. The van der Waals surface area contributed by atoms with Gasteiger partial charge in [-0.15, -0.1) is 11.3 Å². The highest BCUT2D eigenvalue weighted by Crippen LogP contribution is 2.07. The Bertz CT molecular complexity index is 573. The van der Waals surface area contributed by atoms with Gasteiger partial charge in [0.25, 0.3) is 0 Å². The van der Waals surface area contributed by atoms with Crippen molar-refractivity contribution in [2.75, 3.05) is 0 Å². The minimum absolute atomic E-state index is 0.812. The molecule has 0 saturated heterocycles. The second-order valence-corrected chi connectivity index (χ2v) is 4.28. The van der Waals surface area contributed by atoms with E-state index in [0.29, 0.717) is 0 Å². The summed E-state index contributed by atoms with van der Waals surface area (Å²) in [5.74, 6) is 6.04. The van der Waals surface area contributed by atoms with Crippen LogP contribution in [0.5, 0.6) is 0 Å². The molecule has 0 aromatic carbocycles. The third-order valence-corrected chi connectivity index (χ3v) is 2.72. The van der Waals surface area contributed by atoms with Crippen molar-refractivity contribution in [3.8, 4) is 11.8 Å². The number of thiazole rings is 1. The molecule has 0 radical (unpaired) electrons. The van der Waals surface area contributed by atoms with Crippen LogP contribution in [-0.2, 0) is 0 Å². The zero-order valence-electron chi connectivity index (χ0n) is 8.90. The fourth-order valence-electron chi connectivity index (χ4n) is 1.19. The molecule has 78 valence electrons. The van der Waals surface area contributed by atoms with Crippen LogP contribution in [0.3, 0.4) is 0 Å². The molecule has 0 bridgehead atoms. The summed E-state index contributed by atoms with van der Waals surface area (Å²) >= 11 is 1.60. The Morgan fingerprint density at radius 3 is 2.94 bits per heavy atom. The van der Waals surface area contributed by atoms with Crippen molar-refractivity contribution in [2.24, 2.45) is 0 Å². The zero-order valence-corrected chi connectivity index (χ0v) is 9.71. The van der Waals surface area contributed by atoms with Crippen LogP contribution >= 0.6 is 11.3 Å². The van der Waals surface area contributed by atoms with Crippen LogP contribution < -0.4 is 0 Å². The van der Waals surface area contributed by atoms with Gasteiger partial charge in [-0.3, -0.25) is 4.98 Å². The van der Waals surface area contributed by atoms with Gasteiger partial charge in [0.1, 0.15) is 5.69 Å². The number of rotatable bonds is 1. The van der Waals surface area contributed by atoms with Crippen LogP contribution in [0.4, 0.5) is 0 Å². The predicted molar refractivity (Wildman–Crippen MR) is 67.2 cm³/mol. The van der Waals surface area contributed by atoms with Gasteiger partial charge in [0.2, 0.25) is 0 Å². The number of aromatic nitrogens is 2. The third-order valence-electron chi connectivity index (χ3n) is 1.95. The highest BCUT2D eigenvalue weighted by atomic mass is 32.1. The summed E-state index contributed by atoms with van der Waals surface area (Å²) in [6, 6.07) is 1.95. The van der Waals surface area contributed by atoms with E-state index < -0.39 is 0 Å². The fraction of sp³-hybridized carbons (Fsp3) is 0.0769. The maximum Gasteiger partial charge on any atom is 0.124 e. The van der Waals surface area contributed by atoms with Crippen molar-refractivity contribution in [1.29, 1.82) is 0 Å². The first kappa shape index (κ1) is 10.6. The summed E-state index contributed by atoms with van der Waals surface area (Å²) in [4.78, 5) is 8.35. The fourth-order valence-corrected chi connectivity index (χ4v) is 1.74. The molecule has 0 N–H and O–H groups in total. The van der Waals surface area contributed by atoms with Crippen LogP contribution in [0.15, 0.2) is 30.4 Å². The normalized spacial score (nSPS) is 9.31. The van der Waals surface area contributed by atoms with Gasteiger partial charge < -0.3 is 0 Å². The van der Waals surface area contributed by atoms with Gasteiger partial charge in [0.15, 0.2) is 0 Å². The molecule has 0 aliphatic heterocycles. The molecular formula is C13H10N2S. The minimum Gasteiger partial charge on any atom is -0.263 e. The molecule has 2 nitrogen and oxygen atoms in total. The number of hydrogen-bond donors (Lipinski definition) is 0. The van der Waals surface area contributed by atoms with Crippen molar-refractivity contribution < 1.29 is 0 Å². The maximum atomic E-state index is 4.27. The molecule has 3 heteroatoms. The molecule has 2 aromatic rings. The van der Waals surface area contributed by atoms with Crippen LogP contribution in [0.25, 0.3) is 6.08 Å². The molecule has 0 aliphatic carbocycles. The first-order valence-corrected chi connectivity index (χ1v) is 5.67. The van der Waals surface area contributed by atoms with Crippen molar-refractivity contribution >= 4 is 17.4 Å². The van der Waals surface area contributed by atoms with Crippen LogP contribution in [0, 0.1) is 18.8 Å². The molecule has 0 saturated carbocycles. The number of pyridine rings is 1. The van der Waals surface area contributed by atoms with Gasteiger partial charge in [0, 0.05) is 23.3 Å². The van der Waals surface area contributed by atoms with E-state index in [4.69, 9.17) is 0 Å². The lowest BCUT2D eigenvalue weighted by Crippen LogP contribution is -1.81. The predicted octanol–water partition coefficient (Wildman–Crippen LogP) is 2.89. The molecule has 2 rings (SSSR count). The average Bonchev–Trinajstić information content (AvgIpc) is 2.73. The number of hydrogen-bond acceptors (Lipinski definition) is 3. The van der Waals surface area contributed by atoms with Gasteiger partial charge in [-0.05, 0) is 24.5 Å². The average molecular weight is 226 g/mol. The lowest BCUT2D eigenvalue weighted by atomic mass is 10.2. The molecule has 0 amide bonds. The first-order chi connectivity index (χ1) is 7.78. The quantitative estimate of drug-likeness (QED) is 0.699. The first-order valence-electron chi connectivity index (χ1n) is 4.79. The highest BCUT2D eigenvalue weighted by molar-refractivity contribution is 7.09. The minimum atomic E-state index is 0.812. The molecule has 2 aromatic heterocycles. The summed E-state index contributed by atoms with van der Waals surface area (Å²) < 4.78 is 0. The van der Waals surface area contributed by atoms with Crippen LogP contribution in [0.2, 0.25) is 0 Å². The Hall–Kier alpha value is -1.92. The third kappa shape index (κ3) is 2.56. The molecule has 0 atom stereocenters. The van der Waals surface area contributed by atoms with E-state index >= 15 is 0 Å². The molecule has 2 heterocycles. The van der Waals surface area contributed by atoms with Crippen LogP contribution in [0.1, 0.15) is 21.8 Å². The second kappa shape index (κ2) is 4.73. The standard InChI is InChI=1S/C13H10N2S/c1-3-11-6-12(8-14-7-11)4-5-13-9-16-10(2)15-13/h3,6-9H,1H2,2H3. The highest BCUT2D eigenvalue weighted by Gasteiger charge is 1.93. The summed E-state index contributed by atoms with van der Waals surface area (Å²) in [6.45, 7) is 5.66. The van der Waals surface area contributed by atoms with Crippen molar-refractivity contribution in [1.82, 2.24) is 9.97 Å². The Morgan fingerprint density at radius 1 is 1.38 bits per heavy atom. The van der Waals surface area contributed by atoms with Gasteiger partial charge >= 0.3 is 0 Å². The van der Waals surface area contributed by atoms with Gasteiger partial charge in [-0.25, -0.2) is 4.98 Å². The Labute approximate surface area is 98.7 Å². The van der Waals surface area contributed by atoms with E-state index in [9.17, 15) is 0 Å². The molecule has 0 aliphatic rings. The number of aryl methyl sites for hydroxylation is 1. The van der Waals surface area contributed by atoms with Gasteiger partial charge in [-0.1, -0.05) is 18.6 Å². The molecule has 16 heavy (non-hydrogen) atoms. The molecule has 0 unspecified atom stereocenters. The smallest absolute Gasteiger partial charge is 0.124 e. The number of nitrogens with zero attached hydrogens (tertiary/aromatic N) is 2. The maximum absolute atomic E-state index is 4.27. The lowest BCUT2D eigenvalue weighted by molar-refractivity contribution is 1.27. The molecule has 0 fully saturated rings. The van der Waals surface area contributed by atoms with E-state index in [2.05, 4.69) is 28.4 Å². The lowest BCUT2D eigenvalue weighted by Gasteiger charge is -1.91. The van der Waals surface area contributed by atoms with E-state index in [0.717, 1.165) is 21.8 Å². The summed E-state index contributed by atoms with van der Waals surface area (Å²) in [7, 11) is 0. The van der Waals surface area contributed by atoms with Crippen LogP contribution in [-0.4, -0.2) is 9.97 Å². The van der Waals surface area contributed by atoms with Crippen molar-refractivity contribution in [3.63, 3.8) is 0 Å². The molecular weight excluding hydrogens is 216 g/mol. The summed E-state index contributed by atoms with van der Waals surface area (Å²) in [5.41, 5.74) is 2.66. The zero-order chi connectivity index (χ0) is 11.4. The second-order valence-electron chi connectivity index (χ2n) is 3.21. The Morgan fingerprint density at radius 2 is 2.25 bits per heavy atom.